The summed E-state index contributed by atoms with van der Waals surface area (Å²) in [5.74, 6) is -0.840. The fourth-order valence-corrected chi connectivity index (χ4v) is 4.47. The number of nitrogens with zero attached hydrogens (tertiary/aromatic N) is 3. The number of nitro benzene ring substituents is 1. The molecule has 2 aromatic carbocycles. The van der Waals surface area contributed by atoms with Crippen molar-refractivity contribution in [2.24, 2.45) is 5.92 Å². The van der Waals surface area contributed by atoms with Gasteiger partial charge in [-0.3, -0.25) is 34.2 Å². The first kappa shape index (κ1) is 25.6. The first-order chi connectivity index (χ1) is 17.7. The summed E-state index contributed by atoms with van der Waals surface area (Å²) < 4.78 is 10.4. The Morgan fingerprint density at radius 3 is 2.32 bits per heavy atom. The fraction of sp³-hybridized carbons (Fsp3) is 0.360. The zero-order valence-electron chi connectivity index (χ0n) is 20.4. The van der Waals surface area contributed by atoms with Gasteiger partial charge in [-0.1, -0.05) is 0 Å². The first-order valence-corrected chi connectivity index (χ1v) is 11.7. The standard InChI is InChI=1S/C25H26N4O8/c1-36-20-6-3-16(11-21(20)37-2)23(31)26-13-15-7-9-27(10-8-15)22(30)14-28-24(32)18-5-4-17(29(34)35)12-19(18)25(28)33/h3-6,11-12,15H,7-10,13-14H2,1-2H3,(H,26,31). The quantitative estimate of drug-likeness (QED) is 0.321. The molecule has 12 heteroatoms. The molecular weight excluding hydrogens is 484 g/mol. The topological polar surface area (TPSA) is 148 Å². The third-order valence-corrected chi connectivity index (χ3v) is 6.62. The van der Waals surface area contributed by atoms with E-state index in [1.54, 1.807) is 23.1 Å². The van der Waals surface area contributed by atoms with Crippen LogP contribution in [-0.4, -0.2) is 78.8 Å². The minimum atomic E-state index is -0.718. The van der Waals surface area contributed by atoms with Gasteiger partial charge < -0.3 is 19.7 Å². The molecule has 0 aromatic heterocycles. The molecule has 0 radical (unpaired) electrons. The Hall–Kier alpha value is -4.48. The summed E-state index contributed by atoms with van der Waals surface area (Å²) in [6.07, 6.45) is 1.29. The summed E-state index contributed by atoms with van der Waals surface area (Å²) in [7, 11) is 3.01. The minimum Gasteiger partial charge on any atom is -0.493 e. The molecule has 4 rings (SSSR count). The lowest BCUT2D eigenvalue weighted by Crippen LogP contribution is -2.46. The van der Waals surface area contributed by atoms with Gasteiger partial charge in [0.25, 0.3) is 23.4 Å². The van der Waals surface area contributed by atoms with Gasteiger partial charge in [-0.05, 0) is 43.0 Å². The molecule has 0 aliphatic carbocycles. The Kier molecular flexibility index (Phi) is 7.37. The van der Waals surface area contributed by atoms with Crippen LogP contribution in [0.5, 0.6) is 11.5 Å². The van der Waals surface area contributed by atoms with Crippen molar-refractivity contribution in [1.29, 1.82) is 0 Å². The Morgan fingerprint density at radius 1 is 1.00 bits per heavy atom. The third kappa shape index (κ3) is 5.22. The normalized spacial score (nSPS) is 15.4. The highest BCUT2D eigenvalue weighted by atomic mass is 16.6. The molecule has 1 saturated heterocycles. The van der Waals surface area contributed by atoms with E-state index in [1.165, 1.54) is 20.3 Å². The molecule has 2 aliphatic rings. The van der Waals surface area contributed by atoms with Crippen LogP contribution in [0.15, 0.2) is 36.4 Å². The van der Waals surface area contributed by atoms with Crippen molar-refractivity contribution in [3.63, 3.8) is 0 Å². The number of likely N-dealkylation sites (tertiary alicyclic amines) is 1. The number of fused-ring (bicyclic) bond motifs is 1. The number of nitro groups is 1. The summed E-state index contributed by atoms with van der Waals surface area (Å²) >= 11 is 0. The zero-order valence-corrected chi connectivity index (χ0v) is 20.4. The average Bonchev–Trinajstić information content (AvgIpc) is 3.15. The molecule has 1 N–H and O–H groups in total. The molecule has 0 saturated carbocycles. The van der Waals surface area contributed by atoms with Gasteiger partial charge in [-0.15, -0.1) is 0 Å². The molecule has 0 atom stereocenters. The number of methoxy groups -OCH3 is 2. The number of nitrogens with one attached hydrogen (secondary N) is 1. The molecule has 0 spiro atoms. The van der Waals surface area contributed by atoms with Crippen molar-refractivity contribution in [2.45, 2.75) is 12.8 Å². The number of amides is 4. The smallest absolute Gasteiger partial charge is 0.270 e. The van der Waals surface area contributed by atoms with Crippen LogP contribution in [0.3, 0.4) is 0 Å². The molecule has 12 nitrogen and oxygen atoms in total. The van der Waals surface area contributed by atoms with Crippen molar-refractivity contribution in [2.75, 3.05) is 40.4 Å². The first-order valence-electron chi connectivity index (χ1n) is 11.7. The van der Waals surface area contributed by atoms with Crippen molar-refractivity contribution in [1.82, 2.24) is 15.1 Å². The van der Waals surface area contributed by atoms with E-state index in [9.17, 15) is 29.3 Å². The van der Waals surface area contributed by atoms with Crippen molar-refractivity contribution >= 4 is 29.3 Å². The van der Waals surface area contributed by atoms with Gasteiger partial charge >= 0.3 is 0 Å². The van der Waals surface area contributed by atoms with E-state index >= 15 is 0 Å². The number of rotatable bonds is 8. The second kappa shape index (κ2) is 10.6. The van der Waals surface area contributed by atoms with Crippen LogP contribution in [0.25, 0.3) is 0 Å². The molecule has 2 aliphatic heterocycles. The maximum Gasteiger partial charge on any atom is 0.270 e. The SMILES string of the molecule is COc1ccc(C(=O)NCC2CCN(C(=O)CN3C(=O)c4ccc([N+](=O)[O-])cc4C3=O)CC2)cc1OC. The average molecular weight is 511 g/mol. The van der Waals surface area contributed by atoms with Gasteiger partial charge in [0, 0.05) is 37.3 Å². The predicted octanol–water partition coefficient (Wildman–Crippen LogP) is 1.88. The lowest BCUT2D eigenvalue weighted by Gasteiger charge is -2.32. The maximum absolute atomic E-state index is 12.8. The summed E-state index contributed by atoms with van der Waals surface area (Å²) in [6.45, 7) is 0.849. The molecule has 2 aromatic rings. The molecule has 4 amide bonds. The molecule has 2 heterocycles. The van der Waals surface area contributed by atoms with E-state index in [0.717, 1.165) is 17.0 Å². The molecule has 194 valence electrons. The zero-order chi connectivity index (χ0) is 26.7. The van der Waals surface area contributed by atoms with Crippen molar-refractivity contribution in [3.05, 3.63) is 63.2 Å². The summed E-state index contributed by atoms with van der Waals surface area (Å²) in [4.78, 5) is 63.4. The number of imide groups is 1. The Bertz CT molecular complexity index is 1270. The number of carbonyl (C=O) groups excluding carboxylic acids is 4. The van der Waals surface area contributed by atoms with Gasteiger partial charge in [0.05, 0.1) is 30.3 Å². The van der Waals surface area contributed by atoms with Gasteiger partial charge in [-0.2, -0.15) is 0 Å². The lowest BCUT2D eigenvalue weighted by molar-refractivity contribution is -0.384. The van der Waals surface area contributed by atoms with Gasteiger partial charge in [0.2, 0.25) is 5.91 Å². The number of ether oxygens (including phenoxy) is 2. The van der Waals surface area contributed by atoms with Crippen LogP contribution in [-0.2, 0) is 4.79 Å². The monoisotopic (exact) mass is 510 g/mol. The second-order valence-electron chi connectivity index (χ2n) is 8.79. The van der Waals surface area contributed by atoms with E-state index in [1.807, 2.05) is 0 Å². The number of hydrogen-bond donors (Lipinski definition) is 1. The Morgan fingerprint density at radius 2 is 1.68 bits per heavy atom. The molecule has 1 fully saturated rings. The highest BCUT2D eigenvalue weighted by Crippen LogP contribution is 2.28. The largest absolute Gasteiger partial charge is 0.493 e. The van der Waals surface area contributed by atoms with E-state index in [0.29, 0.717) is 49.5 Å². The minimum absolute atomic E-state index is 0.0485. The van der Waals surface area contributed by atoms with E-state index < -0.39 is 23.3 Å². The van der Waals surface area contributed by atoms with Crippen LogP contribution in [0.1, 0.15) is 43.9 Å². The molecule has 0 bridgehead atoms. The Balaban J connectivity index is 1.27. The maximum atomic E-state index is 12.8. The highest BCUT2D eigenvalue weighted by Gasteiger charge is 2.39. The molecular formula is C25H26N4O8. The van der Waals surface area contributed by atoms with Crippen molar-refractivity contribution < 1.29 is 33.6 Å². The number of piperidine rings is 1. The fourth-order valence-electron chi connectivity index (χ4n) is 4.47. The summed E-state index contributed by atoms with van der Waals surface area (Å²) in [5, 5.41) is 13.9. The number of hydrogen-bond acceptors (Lipinski definition) is 8. The van der Waals surface area contributed by atoms with E-state index in [-0.39, 0.29) is 34.5 Å². The van der Waals surface area contributed by atoms with Gasteiger partial charge in [0.15, 0.2) is 11.5 Å². The second-order valence-corrected chi connectivity index (χ2v) is 8.79. The predicted molar refractivity (Wildman–Crippen MR) is 130 cm³/mol. The highest BCUT2D eigenvalue weighted by molar-refractivity contribution is 6.22. The van der Waals surface area contributed by atoms with Crippen LogP contribution in [0.4, 0.5) is 5.69 Å². The molecule has 37 heavy (non-hydrogen) atoms. The third-order valence-electron chi connectivity index (χ3n) is 6.62. The lowest BCUT2D eigenvalue weighted by atomic mass is 9.96. The van der Waals surface area contributed by atoms with Gasteiger partial charge in [0.1, 0.15) is 6.54 Å². The number of non-ortho nitro benzene ring substituents is 1. The molecule has 0 unspecified atom stereocenters. The van der Waals surface area contributed by atoms with Crippen molar-refractivity contribution in [3.8, 4) is 11.5 Å². The summed E-state index contributed by atoms with van der Waals surface area (Å²) in [5.41, 5.74) is 0.119. The van der Waals surface area contributed by atoms with E-state index in [2.05, 4.69) is 5.32 Å². The van der Waals surface area contributed by atoms with Crippen LogP contribution in [0.2, 0.25) is 0 Å². The summed E-state index contributed by atoms with van der Waals surface area (Å²) in [6, 6.07) is 8.36. The van der Waals surface area contributed by atoms with Crippen LogP contribution >= 0.6 is 0 Å². The van der Waals surface area contributed by atoms with Crippen LogP contribution in [0, 0.1) is 16.0 Å². The number of carbonyl (C=O) groups is 4. The van der Waals surface area contributed by atoms with Crippen LogP contribution < -0.4 is 14.8 Å². The van der Waals surface area contributed by atoms with Gasteiger partial charge in [-0.25, -0.2) is 0 Å². The van der Waals surface area contributed by atoms with E-state index in [4.69, 9.17) is 9.47 Å². The Labute approximate surface area is 212 Å². The number of benzene rings is 2.